The first kappa shape index (κ1) is 7.91. The first-order valence-corrected chi connectivity index (χ1v) is 3.53. The van der Waals surface area contributed by atoms with Crippen LogP contribution in [0.2, 0.25) is 0 Å². The normalized spacial score (nSPS) is 21.6. The van der Waals surface area contributed by atoms with E-state index in [1.54, 1.807) is 6.92 Å². The van der Waals surface area contributed by atoms with Crippen molar-refractivity contribution in [1.29, 1.82) is 0 Å². The first-order valence-electron chi connectivity index (χ1n) is 3.53. The van der Waals surface area contributed by atoms with Gasteiger partial charge in [-0.25, -0.2) is 4.79 Å². The topological polar surface area (TPSA) is 47.6 Å². The van der Waals surface area contributed by atoms with Crippen LogP contribution in [0.4, 0.5) is 0 Å². The van der Waals surface area contributed by atoms with Crippen LogP contribution >= 0.6 is 0 Å². The van der Waals surface area contributed by atoms with E-state index in [-0.39, 0.29) is 12.2 Å². The van der Waals surface area contributed by atoms with Crippen LogP contribution in [-0.4, -0.2) is 18.8 Å². The lowest BCUT2D eigenvalue weighted by Gasteiger charge is -2.04. The summed E-state index contributed by atoms with van der Waals surface area (Å²) in [5, 5.41) is 2.80. The van der Waals surface area contributed by atoms with Gasteiger partial charge in [0.25, 0.3) is 0 Å². The van der Waals surface area contributed by atoms with Crippen molar-refractivity contribution in [3.63, 3.8) is 0 Å². The third-order valence-corrected chi connectivity index (χ3v) is 1.24. The first-order chi connectivity index (χ1) is 5.24. The summed E-state index contributed by atoms with van der Waals surface area (Å²) in [7, 11) is 0. The maximum absolute atomic E-state index is 11.0. The number of rotatable bonds is 2. The fraction of sp³-hybridized carbons (Fsp3) is 0.571. The van der Waals surface area contributed by atoms with Gasteiger partial charge in [-0.15, -0.1) is 0 Å². The molecule has 0 aromatic carbocycles. The average Bonchev–Trinajstić information content (AvgIpc) is 2.36. The molecule has 62 valence electrons. The van der Waals surface area contributed by atoms with E-state index in [2.05, 4.69) is 5.32 Å². The number of hydrogen-bond donors (Lipinski definition) is 1. The highest BCUT2D eigenvalue weighted by atomic mass is 16.5. The van der Waals surface area contributed by atoms with E-state index in [4.69, 9.17) is 9.47 Å². The lowest BCUT2D eigenvalue weighted by atomic mass is 10.5. The van der Waals surface area contributed by atoms with Crippen LogP contribution in [0.15, 0.2) is 12.0 Å². The molecule has 1 N–H and O–H groups in total. The molecule has 0 fully saturated rings. The number of esters is 1. The van der Waals surface area contributed by atoms with Gasteiger partial charge >= 0.3 is 5.97 Å². The predicted molar refractivity (Wildman–Crippen MR) is 38.4 cm³/mol. The molecule has 1 heterocycles. The van der Waals surface area contributed by atoms with E-state index < -0.39 is 0 Å². The largest absolute Gasteiger partial charge is 0.476 e. The minimum Gasteiger partial charge on any atom is -0.476 e. The highest BCUT2D eigenvalue weighted by molar-refractivity contribution is 5.87. The van der Waals surface area contributed by atoms with Gasteiger partial charge in [-0.2, -0.15) is 0 Å². The number of carbonyl (C=O) groups excluding carboxylic acids is 1. The van der Waals surface area contributed by atoms with Crippen molar-refractivity contribution in [3.8, 4) is 0 Å². The Morgan fingerprint density at radius 2 is 2.64 bits per heavy atom. The highest BCUT2D eigenvalue weighted by Crippen LogP contribution is 2.05. The Kier molecular flexibility index (Phi) is 2.36. The third-order valence-electron chi connectivity index (χ3n) is 1.24. The zero-order valence-electron chi connectivity index (χ0n) is 6.59. The van der Waals surface area contributed by atoms with Crippen molar-refractivity contribution >= 4 is 5.97 Å². The maximum Gasteiger partial charge on any atom is 0.357 e. The van der Waals surface area contributed by atoms with Gasteiger partial charge in [0.05, 0.1) is 6.61 Å². The molecule has 1 rings (SSSR count). The zero-order valence-corrected chi connectivity index (χ0v) is 6.59. The maximum atomic E-state index is 11.0. The Balaban J connectivity index is 2.43. The van der Waals surface area contributed by atoms with E-state index in [1.807, 2.05) is 6.92 Å². The van der Waals surface area contributed by atoms with Crippen LogP contribution in [0.5, 0.6) is 0 Å². The molecule has 0 bridgehead atoms. The molecule has 0 spiro atoms. The Morgan fingerprint density at radius 1 is 1.91 bits per heavy atom. The second-order valence-electron chi connectivity index (χ2n) is 2.17. The van der Waals surface area contributed by atoms with Gasteiger partial charge in [-0.05, 0) is 13.8 Å². The lowest BCUT2D eigenvalue weighted by Crippen LogP contribution is -2.25. The molecular formula is C7H11NO3. The Hall–Kier alpha value is -1.19. The molecule has 0 aromatic rings. The minimum absolute atomic E-state index is 0.130. The van der Waals surface area contributed by atoms with Crippen molar-refractivity contribution in [3.05, 3.63) is 12.0 Å². The summed E-state index contributed by atoms with van der Waals surface area (Å²) >= 11 is 0. The fourth-order valence-electron chi connectivity index (χ4n) is 0.773. The quantitative estimate of drug-likeness (QED) is 0.588. The summed E-state index contributed by atoms with van der Waals surface area (Å²) in [4.78, 5) is 11.0. The molecule has 1 aliphatic heterocycles. The van der Waals surface area contributed by atoms with E-state index in [1.165, 1.54) is 6.26 Å². The van der Waals surface area contributed by atoms with Crippen molar-refractivity contribution in [2.45, 2.75) is 20.1 Å². The van der Waals surface area contributed by atoms with Gasteiger partial charge in [-0.3, -0.25) is 0 Å². The molecule has 1 atom stereocenters. The average molecular weight is 157 g/mol. The summed E-state index contributed by atoms with van der Waals surface area (Å²) in [5.41, 5.74) is 0.388. The molecule has 1 aliphatic rings. The minimum atomic E-state index is -0.364. The van der Waals surface area contributed by atoms with Gasteiger partial charge in [0.1, 0.15) is 6.26 Å². The van der Waals surface area contributed by atoms with Crippen LogP contribution in [0.25, 0.3) is 0 Å². The highest BCUT2D eigenvalue weighted by Gasteiger charge is 2.19. The molecule has 0 radical (unpaired) electrons. The monoisotopic (exact) mass is 157 g/mol. The molecule has 0 aromatic heterocycles. The van der Waals surface area contributed by atoms with E-state index in [9.17, 15) is 4.79 Å². The van der Waals surface area contributed by atoms with Crippen LogP contribution in [0.3, 0.4) is 0 Å². The van der Waals surface area contributed by atoms with Gasteiger partial charge in [0, 0.05) is 0 Å². The Morgan fingerprint density at radius 3 is 3.09 bits per heavy atom. The van der Waals surface area contributed by atoms with Crippen molar-refractivity contribution in [1.82, 2.24) is 5.32 Å². The Labute approximate surface area is 65.2 Å². The molecule has 11 heavy (non-hydrogen) atoms. The zero-order chi connectivity index (χ0) is 8.27. The molecule has 0 saturated heterocycles. The molecule has 0 amide bonds. The second-order valence-corrected chi connectivity index (χ2v) is 2.17. The van der Waals surface area contributed by atoms with Gasteiger partial charge in [0.15, 0.2) is 11.9 Å². The Bertz CT molecular complexity index is 188. The lowest BCUT2D eigenvalue weighted by molar-refractivity contribution is -0.138. The standard InChI is InChI=1S/C7H11NO3/c1-3-10-7(9)6-4-11-5(2)8-6/h4-5,8H,3H2,1-2H3. The van der Waals surface area contributed by atoms with Gasteiger partial charge in [0.2, 0.25) is 0 Å². The third kappa shape index (κ3) is 1.86. The van der Waals surface area contributed by atoms with Crippen molar-refractivity contribution < 1.29 is 14.3 Å². The number of nitrogens with one attached hydrogen (secondary N) is 1. The number of hydrogen-bond acceptors (Lipinski definition) is 4. The molecule has 4 heteroatoms. The summed E-state index contributed by atoms with van der Waals surface area (Å²) in [6.45, 7) is 3.95. The van der Waals surface area contributed by atoms with Crippen LogP contribution in [-0.2, 0) is 14.3 Å². The van der Waals surface area contributed by atoms with E-state index >= 15 is 0 Å². The van der Waals surface area contributed by atoms with Crippen LogP contribution < -0.4 is 5.32 Å². The second kappa shape index (κ2) is 3.27. The molecule has 4 nitrogen and oxygen atoms in total. The van der Waals surface area contributed by atoms with Gasteiger partial charge in [-0.1, -0.05) is 0 Å². The number of ether oxygens (including phenoxy) is 2. The van der Waals surface area contributed by atoms with Crippen LogP contribution in [0, 0.1) is 0 Å². The van der Waals surface area contributed by atoms with E-state index in [0.29, 0.717) is 12.3 Å². The summed E-state index contributed by atoms with van der Waals surface area (Å²) in [5.74, 6) is -0.364. The summed E-state index contributed by atoms with van der Waals surface area (Å²) < 4.78 is 9.68. The smallest absolute Gasteiger partial charge is 0.357 e. The predicted octanol–water partition coefficient (Wildman–Crippen LogP) is 0.357. The van der Waals surface area contributed by atoms with Gasteiger partial charge < -0.3 is 14.8 Å². The molecule has 0 saturated carbocycles. The fourth-order valence-corrected chi connectivity index (χ4v) is 0.773. The van der Waals surface area contributed by atoms with E-state index in [0.717, 1.165) is 0 Å². The van der Waals surface area contributed by atoms with Crippen molar-refractivity contribution in [2.75, 3.05) is 6.61 Å². The SMILES string of the molecule is CCOC(=O)C1=COC(C)N1. The molecule has 1 unspecified atom stereocenters. The van der Waals surface area contributed by atoms with Crippen molar-refractivity contribution in [2.24, 2.45) is 0 Å². The number of carbonyl (C=O) groups is 1. The molecule has 0 aliphatic carbocycles. The molecular weight excluding hydrogens is 146 g/mol. The summed E-state index contributed by atoms with van der Waals surface area (Å²) in [6, 6.07) is 0. The summed E-state index contributed by atoms with van der Waals surface area (Å²) in [6.07, 6.45) is 1.25. The van der Waals surface area contributed by atoms with Crippen LogP contribution in [0.1, 0.15) is 13.8 Å².